The molecule has 0 N–H and O–H groups in total. The summed E-state index contributed by atoms with van der Waals surface area (Å²) >= 11 is 0. The average molecular weight is 779 g/mol. The summed E-state index contributed by atoms with van der Waals surface area (Å²) in [4.78, 5) is 37.4. The summed E-state index contributed by atoms with van der Waals surface area (Å²) in [6.45, 7) is 8.35. The van der Waals surface area contributed by atoms with Crippen LogP contribution in [-0.4, -0.2) is 37.7 Å². The highest BCUT2D eigenvalue weighted by Crippen LogP contribution is 2.23. The first-order chi connectivity index (χ1) is 27.0. The van der Waals surface area contributed by atoms with Crippen LogP contribution in [0.4, 0.5) is 0 Å². The topological polar surface area (TPSA) is 78.9 Å². The molecule has 0 aliphatic carbocycles. The number of rotatable bonds is 45. The number of ether oxygens (including phenoxy) is 3. The van der Waals surface area contributed by atoms with Gasteiger partial charge in [-0.15, -0.1) is 0 Å². The van der Waals surface area contributed by atoms with Gasteiger partial charge in [-0.2, -0.15) is 0 Å². The largest absolute Gasteiger partial charge is 0.466 e. The van der Waals surface area contributed by atoms with Gasteiger partial charge in [0, 0.05) is 19.3 Å². The van der Waals surface area contributed by atoms with Crippen LogP contribution >= 0.6 is 0 Å². The van der Waals surface area contributed by atoms with Crippen molar-refractivity contribution in [1.82, 2.24) is 0 Å². The summed E-state index contributed by atoms with van der Waals surface area (Å²) in [5, 5.41) is 0. The fourth-order valence-electron chi connectivity index (χ4n) is 7.50. The molecule has 0 aromatic carbocycles. The van der Waals surface area contributed by atoms with Crippen molar-refractivity contribution >= 4 is 17.9 Å². The lowest BCUT2D eigenvalue weighted by Crippen LogP contribution is -2.12. The zero-order valence-electron chi connectivity index (χ0n) is 37.2. The van der Waals surface area contributed by atoms with Crippen molar-refractivity contribution in [1.29, 1.82) is 0 Å². The van der Waals surface area contributed by atoms with Gasteiger partial charge in [-0.3, -0.25) is 14.4 Å². The molecule has 0 aliphatic heterocycles. The summed E-state index contributed by atoms with van der Waals surface area (Å²) in [6, 6.07) is 0. The van der Waals surface area contributed by atoms with Crippen molar-refractivity contribution < 1.29 is 28.6 Å². The van der Waals surface area contributed by atoms with Crippen molar-refractivity contribution in [3.05, 3.63) is 0 Å². The lowest BCUT2D eigenvalue weighted by atomic mass is 9.91. The lowest BCUT2D eigenvalue weighted by Gasteiger charge is -2.16. The summed E-state index contributed by atoms with van der Waals surface area (Å²) in [7, 11) is 0. The second-order valence-electron chi connectivity index (χ2n) is 16.8. The smallest absolute Gasteiger partial charge is 0.305 e. The van der Waals surface area contributed by atoms with Gasteiger partial charge >= 0.3 is 17.9 Å². The van der Waals surface area contributed by atoms with E-state index < -0.39 is 0 Å². The summed E-state index contributed by atoms with van der Waals surface area (Å²) < 4.78 is 16.7. The van der Waals surface area contributed by atoms with E-state index in [2.05, 4.69) is 20.8 Å². The van der Waals surface area contributed by atoms with Gasteiger partial charge in [0.05, 0.1) is 19.8 Å². The van der Waals surface area contributed by atoms with Crippen LogP contribution in [0.25, 0.3) is 0 Å². The monoisotopic (exact) mass is 779 g/mol. The normalized spacial score (nSPS) is 11.3. The number of esters is 3. The van der Waals surface area contributed by atoms with Gasteiger partial charge in [0.2, 0.25) is 0 Å². The van der Waals surface area contributed by atoms with Crippen LogP contribution in [0.1, 0.15) is 271 Å². The minimum absolute atomic E-state index is 0.0808. The van der Waals surface area contributed by atoms with Crippen molar-refractivity contribution in [2.24, 2.45) is 5.92 Å². The van der Waals surface area contributed by atoms with E-state index in [0.717, 1.165) is 77.0 Å². The van der Waals surface area contributed by atoms with Crippen LogP contribution in [0, 0.1) is 5.92 Å². The first-order valence-electron chi connectivity index (χ1n) is 24.5. The zero-order valence-corrected chi connectivity index (χ0v) is 37.2. The summed E-state index contributed by atoms with van der Waals surface area (Å²) in [5.41, 5.74) is 0. The molecule has 326 valence electrons. The Kier molecular flexibility index (Phi) is 43.8. The Bertz CT molecular complexity index is 771. The van der Waals surface area contributed by atoms with E-state index in [1.165, 1.54) is 154 Å². The van der Waals surface area contributed by atoms with E-state index in [1.54, 1.807) is 0 Å². The quantitative estimate of drug-likeness (QED) is 0.0348. The molecule has 0 bridgehead atoms. The van der Waals surface area contributed by atoms with Crippen LogP contribution in [0.3, 0.4) is 0 Å². The fourth-order valence-corrected chi connectivity index (χ4v) is 7.50. The molecule has 0 spiro atoms. The molecular formula is C49H94O6. The molecule has 6 heteroatoms. The molecule has 0 fully saturated rings. The van der Waals surface area contributed by atoms with E-state index in [9.17, 15) is 14.4 Å². The Morgan fingerprint density at radius 1 is 0.291 bits per heavy atom. The predicted molar refractivity (Wildman–Crippen MR) is 233 cm³/mol. The Morgan fingerprint density at radius 3 is 0.855 bits per heavy atom. The third kappa shape index (κ3) is 43.4. The second kappa shape index (κ2) is 45.1. The molecule has 0 heterocycles. The summed E-state index contributed by atoms with van der Waals surface area (Å²) in [5.74, 6) is -0.0370. The molecule has 0 saturated carbocycles. The van der Waals surface area contributed by atoms with Crippen LogP contribution in [0.2, 0.25) is 0 Å². The van der Waals surface area contributed by atoms with Crippen molar-refractivity contribution in [2.45, 2.75) is 271 Å². The van der Waals surface area contributed by atoms with Crippen LogP contribution < -0.4 is 0 Å². The number of hydrogen-bond donors (Lipinski definition) is 0. The highest BCUT2D eigenvalue weighted by molar-refractivity contribution is 5.70. The molecule has 0 aromatic rings. The molecule has 0 atom stereocenters. The Labute approximate surface area is 342 Å². The van der Waals surface area contributed by atoms with E-state index in [1.807, 2.05) is 0 Å². The maximum Gasteiger partial charge on any atom is 0.305 e. The second-order valence-corrected chi connectivity index (χ2v) is 16.8. The standard InChI is InChI=1S/C49H94O6/c1-4-7-10-13-16-19-22-25-28-34-43-53-47(50)38-33-31-32-37-46(39-41-48(51)54-44-35-29-26-23-20-17-14-11-8-5-2)40-42-49(52)55-45-36-30-27-24-21-18-15-12-9-6-3/h46H,4-45H2,1-3H3. The molecular weight excluding hydrogens is 685 g/mol. The van der Waals surface area contributed by atoms with Crippen molar-refractivity contribution in [2.75, 3.05) is 19.8 Å². The van der Waals surface area contributed by atoms with Gasteiger partial charge in [-0.05, 0) is 44.4 Å². The van der Waals surface area contributed by atoms with E-state index in [-0.39, 0.29) is 23.8 Å². The minimum Gasteiger partial charge on any atom is -0.466 e. The van der Waals surface area contributed by atoms with Gasteiger partial charge in [0.1, 0.15) is 0 Å². The van der Waals surface area contributed by atoms with E-state index in [4.69, 9.17) is 14.2 Å². The minimum atomic E-state index is -0.116. The molecule has 55 heavy (non-hydrogen) atoms. The SMILES string of the molecule is CCCCCCCCCCCCOC(=O)CCCCCC(CCC(=O)OCCCCCCCCCCCC)CCC(=O)OCCCCCCCCCCCC. The summed E-state index contributed by atoms with van der Waals surface area (Å²) in [6.07, 6.45) is 44.4. The average Bonchev–Trinajstić information content (AvgIpc) is 3.18. The Hall–Kier alpha value is -1.59. The van der Waals surface area contributed by atoms with E-state index in [0.29, 0.717) is 39.1 Å². The molecule has 0 aromatic heterocycles. The van der Waals surface area contributed by atoms with Gasteiger partial charge in [0.15, 0.2) is 0 Å². The number of carbonyl (C=O) groups excluding carboxylic acids is 3. The van der Waals surface area contributed by atoms with Crippen LogP contribution in [0.15, 0.2) is 0 Å². The number of unbranched alkanes of at least 4 members (excludes halogenated alkanes) is 29. The molecule has 6 nitrogen and oxygen atoms in total. The molecule has 0 aliphatic rings. The molecule has 0 rings (SSSR count). The third-order valence-corrected chi connectivity index (χ3v) is 11.3. The van der Waals surface area contributed by atoms with E-state index >= 15 is 0 Å². The van der Waals surface area contributed by atoms with Crippen LogP contribution in [0.5, 0.6) is 0 Å². The number of carbonyl (C=O) groups is 3. The number of hydrogen-bond acceptors (Lipinski definition) is 6. The lowest BCUT2D eigenvalue weighted by molar-refractivity contribution is -0.145. The molecule has 0 amide bonds. The maximum atomic E-state index is 12.6. The van der Waals surface area contributed by atoms with Crippen molar-refractivity contribution in [3.63, 3.8) is 0 Å². The van der Waals surface area contributed by atoms with Gasteiger partial charge in [-0.1, -0.05) is 213 Å². The Morgan fingerprint density at radius 2 is 0.545 bits per heavy atom. The van der Waals surface area contributed by atoms with Gasteiger partial charge < -0.3 is 14.2 Å². The Balaban J connectivity index is 4.27. The zero-order chi connectivity index (χ0) is 40.1. The highest BCUT2D eigenvalue weighted by Gasteiger charge is 2.15. The first kappa shape index (κ1) is 53.4. The maximum absolute atomic E-state index is 12.6. The molecule has 0 radical (unpaired) electrons. The fraction of sp³-hybridized carbons (Fsp3) is 0.939. The van der Waals surface area contributed by atoms with Gasteiger partial charge in [-0.25, -0.2) is 0 Å². The van der Waals surface area contributed by atoms with Gasteiger partial charge in [0.25, 0.3) is 0 Å². The van der Waals surface area contributed by atoms with Crippen molar-refractivity contribution in [3.8, 4) is 0 Å². The van der Waals surface area contributed by atoms with Crippen LogP contribution in [-0.2, 0) is 28.6 Å². The molecule has 0 unspecified atom stereocenters. The third-order valence-electron chi connectivity index (χ3n) is 11.3. The first-order valence-corrected chi connectivity index (χ1v) is 24.5. The molecule has 0 saturated heterocycles. The highest BCUT2D eigenvalue weighted by atomic mass is 16.5. The predicted octanol–water partition coefficient (Wildman–Crippen LogP) is 15.5.